The van der Waals surface area contributed by atoms with E-state index in [-0.39, 0.29) is 40.3 Å². The average Bonchev–Trinajstić information content (AvgIpc) is 3.50. The predicted octanol–water partition coefficient (Wildman–Crippen LogP) is 6.25. The van der Waals surface area contributed by atoms with Gasteiger partial charge in [0.15, 0.2) is 28.3 Å². The predicted molar refractivity (Wildman–Crippen MR) is 197 cm³/mol. The third-order valence-corrected chi connectivity index (χ3v) is 18.1. The van der Waals surface area contributed by atoms with Crippen LogP contribution < -0.4 is 24.6 Å². The maximum absolute atomic E-state index is 13.8. The number of hydrogen-bond acceptors (Lipinski definition) is 12. The molecule has 0 aliphatic heterocycles. The fourth-order valence-electron chi connectivity index (χ4n) is 4.79. The second-order valence-electron chi connectivity index (χ2n) is 13.9. The second kappa shape index (κ2) is 16.0. The molecule has 1 amide bonds. The molecule has 4 atom stereocenters. The number of benzene rings is 1. The van der Waals surface area contributed by atoms with Gasteiger partial charge in [0.25, 0.3) is 0 Å². The molecule has 2 rings (SSSR count). The number of methoxy groups -OCH3 is 2. The molecule has 3 N–H and O–H groups in total. The minimum atomic E-state index is -2.13. The minimum absolute atomic E-state index is 0.0203. The molecule has 1 aromatic heterocycles. The van der Waals surface area contributed by atoms with Gasteiger partial charge in [-0.25, -0.2) is 4.79 Å². The first-order chi connectivity index (χ1) is 21.7. The smallest absolute Gasteiger partial charge is 0.338 e. The van der Waals surface area contributed by atoms with Crippen molar-refractivity contribution in [1.29, 1.82) is 0 Å². The number of esters is 1. The van der Waals surface area contributed by atoms with Gasteiger partial charge in [-0.05, 0) is 48.4 Å². The zero-order valence-electron chi connectivity index (χ0n) is 30.5. The van der Waals surface area contributed by atoms with Gasteiger partial charge in [0.1, 0.15) is 4.87 Å². The Morgan fingerprint density at radius 2 is 1.49 bits per heavy atom. The molecule has 0 aliphatic carbocycles. The summed E-state index contributed by atoms with van der Waals surface area (Å²) < 4.78 is 30.6. The van der Waals surface area contributed by atoms with Crippen molar-refractivity contribution in [2.45, 2.75) is 115 Å². The van der Waals surface area contributed by atoms with Crippen molar-refractivity contribution in [3.05, 3.63) is 28.4 Å². The number of amides is 1. The Bertz CT molecular complexity index is 1420. The lowest BCUT2D eigenvalue weighted by molar-refractivity contribution is -0.122. The highest BCUT2D eigenvalue weighted by molar-refractivity contribution is 7.81. The van der Waals surface area contributed by atoms with Gasteiger partial charge < -0.3 is 33.9 Å². The molecule has 1 aromatic carbocycles. The van der Waals surface area contributed by atoms with Crippen molar-refractivity contribution in [3.8, 4) is 17.2 Å². The van der Waals surface area contributed by atoms with E-state index >= 15 is 0 Å². The van der Waals surface area contributed by atoms with Gasteiger partial charge in [0.2, 0.25) is 29.9 Å². The number of rotatable bonds is 16. The molecule has 1 heterocycles. The van der Waals surface area contributed by atoms with Gasteiger partial charge >= 0.3 is 5.97 Å². The quantitative estimate of drug-likeness (QED) is 0.0677. The Kier molecular flexibility index (Phi) is 13.9. The fourth-order valence-corrected chi connectivity index (χ4v) is 8.91. The van der Waals surface area contributed by atoms with Gasteiger partial charge in [0, 0.05) is 11.1 Å². The van der Waals surface area contributed by atoms with E-state index in [9.17, 15) is 9.59 Å². The molecule has 0 saturated carbocycles. The van der Waals surface area contributed by atoms with Crippen molar-refractivity contribution in [3.63, 3.8) is 0 Å². The summed E-state index contributed by atoms with van der Waals surface area (Å²) in [6.45, 7) is 25.4. The summed E-state index contributed by atoms with van der Waals surface area (Å²) in [6.07, 6.45) is 0.236. The van der Waals surface area contributed by atoms with E-state index in [0.717, 1.165) is 0 Å². The highest BCUT2D eigenvalue weighted by Gasteiger charge is 2.45. The van der Waals surface area contributed by atoms with E-state index in [4.69, 9.17) is 41.2 Å². The molecule has 2 aromatic rings. The van der Waals surface area contributed by atoms with E-state index in [1.54, 1.807) is 14.0 Å². The summed E-state index contributed by atoms with van der Waals surface area (Å²) in [4.78, 5) is 30.2. The second-order valence-corrected chi connectivity index (χ2v) is 21.2. The summed E-state index contributed by atoms with van der Waals surface area (Å²) in [6, 6.07) is 0. The largest absolute Gasteiger partial charge is 0.543 e. The lowest BCUT2D eigenvalue weighted by atomic mass is 9.91. The summed E-state index contributed by atoms with van der Waals surface area (Å²) in [7, 11) is -1.32. The number of nitrogens with one attached hydrogen (secondary N) is 1. The number of ether oxygens (including phenoxy) is 2. The highest BCUT2D eigenvalue weighted by atomic mass is 32.1. The van der Waals surface area contributed by atoms with E-state index in [1.165, 1.54) is 7.11 Å². The van der Waals surface area contributed by atoms with Crippen molar-refractivity contribution < 1.29 is 32.4 Å². The van der Waals surface area contributed by atoms with Crippen LogP contribution in [0.2, 0.25) is 23.2 Å². The molecular formula is C32H56N4O7S2Si2. The number of nitrogens with zero attached hydrogens (tertiary/aromatic N) is 2. The van der Waals surface area contributed by atoms with Crippen LogP contribution >= 0.6 is 25.3 Å². The van der Waals surface area contributed by atoms with Gasteiger partial charge in [-0.2, -0.15) is 17.6 Å². The van der Waals surface area contributed by atoms with E-state index in [0.29, 0.717) is 40.2 Å². The van der Waals surface area contributed by atoms with Crippen LogP contribution in [0, 0.1) is 18.8 Å². The number of carbonyl (C=O) groups excluding carboxylic acids is 2. The van der Waals surface area contributed by atoms with Crippen molar-refractivity contribution >= 4 is 55.2 Å². The maximum atomic E-state index is 13.8. The Hall–Kier alpha value is -2.21. The molecule has 0 bridgehead atoms. The Labute approximate surface area is 295 Å². The first-order valence-corrected chi connectivity index (χ1v) is 21.4. The lowest BCUT2D eigenvalue weighted by Gasteiger charge is -2.40. The third kappa shape index (κ3) is 8.51. The normalized spacial score (nSPS) is 15.6. The Morgan fingerprint density at radius 1 is 0.979 bits per heavy atom. The van der Waals surface area contributed by atoms with Crippen LogP contribution in [-0.2, 0) is 20.9 Å². The van der Waals surface area contributed by atoms with Crippen LogP contribution in [0.15, 0.2) is 4.52 Å². The van der Waals surface area contributed by atoms with E-state index in [1.807, 2.05) is 6.92 Å². The Balaban J connectivity index is 3.04. The van der Waals surface area contributed by atoms with Crippen LogP contribution in [0.3, 0.4) is 0 Å². The third-order valence-electron chi connectivity index (χ3n) is 10.3. The van der Waals surface area contributed by atoms with Gasteiger partial charge in [-0.1, -0.05) is 67.5 Å². The number of aromatic nitrogens is 2. The highest BCUT2D eigenvalue weighted by Crippen LogP contribution is 2.54. The summed E-state index contributed by atoms with van der Waals surface area (Å²) >= 11 is 9.60. The van der Waals surface area contributed by atoms with Crippen molar-refractivity contribution in [2.75, 3.05) is 14.2 Å². The average molecular weight is 729 g/mol. The molecule has 0 radical (unpaired) electrons. The molecule has 0 saturated heterocycles. The van der Waals surface area contributed by atoms with Gasteiger partial charge in [-0.15, -0.1) is 12.6 Å². The molecular weight excluding hydrogens is 673 g/mol. The van der Waals surface area contributed by atoms with Crippen molar-refractivity contribution in [1.82, 2.24) is 15.5 Å². The number of nitrogens with two attached hydrogens (primary N) is 1. The van der Waals surface area contributed by atoms with E-state index in [2.05, 4.69) is 96.6 Å². The minimum Gasteiger partial charge on any atom is -0.543 e. The molecule has 0 spiro atoms. The van der Waals surface area contributed by atoms with Crippen LogP contribution in [0.1, 0.15) is 107 Å². The molecule has 0 fully saturated rings. The summed E-state index contributed by atoms with van der Waals surface area (Å²) in [5, 5.41) is 5.34. The lowest BCUT2D eigenvalue weighted by Crippen LogP contribution is -2.45. The van der Waals surface area contributed by atoms with E-state index < -0.39 is 40.1 Å². The summed E-state index contributed by atoms with van der Waals surface area (Å²) in [5.41, 5.74) is 6.61. The zero-order valence-corrected chi connectivity index (χ0v) is 34.6. The topological polar surface area (TPSA) is 148 Å². The zero-order chi connectivity index (χ0) is 36.2. The van der Waals surface area contributed by atoms with Gasteiger partial charge in [-0.3, -0.25) is 4.79 Å². The number of thiol groups is 2. The number of carbonyl (C=O) groups is 2. The molecule has 15 heteroatoms. The summed E-state index contributed by atoms with van der Waals surface area (Å²) in [5.74, 6) is 0.718. The monoisotopic (exact) mass is 728 g/mol. The Morgan fingerprint density at radius 3 is 1.89 bits per heavy atom. The molecule has 47 heavy (non-hydrogen) atoms. The van der Waals surface area contributed by atoms with Crippen LogP contribution in [0.25, 0.3) is 0 Å². The molecule has 266 valence electrons. The van der Waals surface area contributed by atoms with Crippen LogP contribution in [-0.4, -0.2) is 54.3 Å². The van der Waals surface area contributed by atoms with Crippen LogP contribution in [0.4, 0.5) is 0 Å². The molecule has 4 unspecified atom stereocenters. The fraction of sp³-hybridized carbons (Fsp3) is 0.688. The molecule has 0 aliphatic rings. The first kappa shape index (κ1) is 41.0. The number of hydrogen-bond donors (Lipinski definition) is 4. The van der Waals surface area contributed by atoms with Gasteiger partial charge in [0.05, 0.1) is 26.3 Å². The van der Waals surface area contributed by atoms with Crippen LogP contribution in [0.5, 0.6) is 17.2 Å². The first-order valence-electron chi connectivity index (χ1n) is 16.1. The molecule has 11 nitrogen and oxygen atoms in total. The maximum Gasteiger partial charge on any atom is 0.338 e. The standard InChI is InChI=1S/C32H56N4O7S2Si2/c1-15-32(45,35-27(37)26(44)28-34-20(16-33)36-41-28)22-21(29(38)40-12)19(6)23(39-11)25(43-47(14)31(9,10)18(4)5)24(22)42-46(13)30(7,8)17(2)3/h17-18,26,44-47H,15-16,33H2,1-14H3,(H,35,37). The van der Waals surface area contributed by atoms with Crippen molar-refractivity contribution in [2.24, 2.45) is 17.6 Å². The SMILES string of the molecule is CCC(S)(NC(=O)C(S)c1nc(CN)no1)c1c(O[SiH](C)C(C)(C)C(C)C)c(O[SiH](C)C(C)(C)C(C)C)c(OC)c(C)c1C(=O)OC.